The molecular formula is C15H25IN4O2S. The van der Waals surface area contributed by atoms with E-state index in [1.165, 1.54) is 0 Å². The van der Waals surface area contributed by atoms with Gasteiger partial charge in [-0.1, -0.05) is 18.2 Å². The Balaban J connectivity index is 0.00000264. The Morgan fingerprint density at radius 2 is 1.83 bits per heavy atom. The molecule has 1 aromatic rings. The predicted molar refractivity (Wildman–Crippen MR) is 104 cm³/mol. The molecule has 2 rings (SSSR count). The lowest BCUT2D eigenvalue weighted by Gasteiger charge is -2.30. The van der Waals surface area contributed by atoms with Crippen molar-refractivity contribution in [3.05, 3.63) is 30.3 Å². The number of guanidine groups is 1. The van der Waals surface area contributed by atoms with Gasteiger partial charge in [0.15, 0.2) is 5.96 Å². The average molecular weight is 452 g/mol. The van der Waals surface area contributed by atoms with Crippen LogP contribution in [0.25, 0.3) is 0 Å². The van der Waals surface area contributed by atoms with E-state index >= 15 is 0 Å². The van der Waals surface area contributed by atoms with Gasteiger partial charge in [0.2, 0.25) is 10.0 Å². The van der Waals surface area contributed by atoms with Gasteiger partial charge in [-0.05, 0) is 30.9 Å². The van der Waals surface area contributed by atoms with Gasteiger partial charge in [-0.3, -0.25) is 4.99 Å². The maximum atomic E-state index is 12.5. The molecule has 130 valence electrons. The summed E-state index contributed by atoms with van der Waals surface area (Å²) in [5.74, 6) is 0.903. The lowest BCUT2D eigenvalue weighted by Crippen LogP contribution is -2.39. The van der Waals surface area contributed by atoms with E-state index in [-0.39, 0.29) is 24.0 Å². The number of aliphatic imine (C=N–C) groups is 1. The van der Waals surface area contributed by atoms with Crippen molar-refractivity contribution in [1.29, 1.82) is 0 Å². The Labute approximate surface area is 155 Å². The third kappa shape index (κ3) is 5.32. The van der Waals surface area contributed by atoms with Crippen molar-refractivity contribution in [3.8, 4) is 0 Å². The SMILES string of the molecule is CN(C)C(N)=NCC1CCN(S(=O)(=O)c2ccccc2)CC1.I. The third-order valence-electron chi connectivity index (χ3n) is 3.92. The van der Waals surface area contributed by atoms with E-state index in [2.05, 4.69) is 4.99 Å². The summed E-state index contributed by atoms with van der Waals surface area (Å²) in [4.78, 5) is 6.48. The highest BCUT2D eigenvalue weighted by molar-refractivity contribution is 14.0. The third-order valence-corrected chi connectivity index (χ3v) is 5.84. The molecule has 0 radical (unpaired) electrons. The molecule has 1 aromatic carbocycles. The molecule has 2 N–H and O–H groups in total. The summed E-state index contributed by atoms with van der Waals surface area (Å²) in [7, 11) is 0.344. The standard InChI is InChI=1S/C15H24N4O2S.HI/c1-18(2)15(16)17-12-13-8-10-19(11-9-13)22(20,21)14-6-4-3-5-7-14;/h3-7,13H,8-12H2,1-2H3,(H2,16,17);1H. The van der Waals surface area contributed by atoms with Crippen LogP contribution in [0, 0.1) is 5.92 Å². The number of benzene rings is 1. The zero-order valence-electron chi connectivity index (χ0n) is 13.6. The van der Waals surface area contributed by atoms with Gasteiger partial charge in [0.1, 0.15) is 0 Å². The Morgan fingerprint density at radius 3 is 2.35 bits per heavy atom. The first-order valence-electron chi connectivity index (χ1n) is 7.43. The van der Waals surface area contributed by atoms with Crippen molar-refractivity contribution in [2.75, 3.05) is 33.7 Å². The summed E-state index contributed by atoms with van der Waals surface area (Å²) in [6.45, 7) is 1.74. The first-order valence-corrected chi connectivity index (χ1v) is 8.87. The van der Waals surface area contributed by atoms with Gasteiger partial charge in [0.25, 0.3) is 0 Å². The number of hydrogen-bond acceptors (Lipinski definition) is 3. The van der Waals surface area contributed by atoms with Crippen LogP contribution in [-0.2, 0) is 10.0 Å². The lowest BCUT2D eigenvalue weighted by molar-refractivity contribution is 0.278. The topological polar surface area (TPSA) is 79.0 Å². The molecule has 0 aliphatic carbocycles. The monoisotopic (exact) mass is 452 g/mol. The quantitative estimate of drug-likeness (QED) is 0.428. The van der Waals surface area contributed by atoms with Crippen molar-refractivity contribution in [2.45, 2.75) is 17.7 Å². The molecule has 1 fully saturated rings. The van der Waals surface area contributed by atoms with E-state index in [1.807, 2.05) is 20.2 Å². The summed E-state index contributed by atoms with van der Waals surface area (Å²) in [5, 5.41) is 0. The molecule has 0 unspecified atom stereocenters. The predicted octanol–water partition coefficient (Wildman–Crippen LogP) is 1.58. The molecule has 1 aliphatic heterocycles. The molecule has 0 atom stereocenters. The second kappa shape index (κ2) is 8.84. The van der Waals surface area contributed by atoms with Crippen molar-refractivity contribution in [1.82, 2.24) is 9.21 Å². The Kier molecular flexibility index (Phi) is 7.75. The molecule has 1 heterocycles. The Hall–Kier alpha value is -0.870. The van der Waals surface area contributed by atoms with Gasteiger partial charge in [-0.2, -0.15) is 4.31 Å². The van der Waals surface area contributed by atoms with Crippen molar-refractivity contribution >= 4 is 40.0 Å². The molecule has 0 bridgehead atoms. The summed E-state index contributed by atoms with van der Waals surface area (Å²) < 4.78 is 26.6. The van der Waals surface area contributed by atoms with Crippen LogP contribution in [-0.4, -0.2) is 57.3 Å². The molecule has 1 saturated heterocycles. The Bertz CT molecular complexity index is 612. The molecule has 6 nitrogen and oxygen atoms in total. The van der Waals surface area contributed by atoms with Gasteiger partial charge in [-0.25, -0.2) is 8.42 Å². The number of rotatable bonds is 4. The summed E-state index contributed by atoms with van der Waals surface area (Å²) in [6.07, 6.45) is 1.63. The van der Waals surface area contributed by atoms with E-state index in [0.29, 0.717) is 36.4 Å². The first kappa shape index (κ1) is 20.2. The van der Waals surface area contributed by atoms with Crippen LogP contribution in [0.3, 0.4) is 0 Å². The van der Waals surface area contributed by atoms with E-state index in [1.54, 1.807) is 33.5 Å². The minimum atomic E-state index is -3.37. The molecule has 0 saturated carbocycles. The minimum Gasteiger partial charge on any atom is -0.370 e. The minimum absolute atomic E-state index is 0. The highest BCUT2D eigenvalue weighted by Crippen LogP contribution is 2.23. The summed E-state index contributed by atoms with van der Waals surface area (Å²) in [5.41, 5.74) is 5.78. The molecule has 0 amide bonds. The molecule has 8 heteroatoms. The van der Waals surface area contributed by atoms with Gasteiger partial charge in [0.05, 0.1) is 4.90 Å². The molecule has 23 heavy (non-hydrogen) atoms. The van der Waals surface area contributed by atoms with Crippen LogP contribution in [0.1, 0.15) is 12.8 Å². The van der Waals surface area contributed by atoms with Gasteiger partial charge < -0.3 is 10.6 Å². The molecule has 0 aromatic heterocycles. The Morgan fingerprint density at radius 1 is 1.26 bits per heavy atom. The molecule has 1 aliphatic rings. The van der Waals surface area contributed by atoms with E-state index in [4.69, 9.17) is 5.73 Å². The number of hydrogen-bond donors (Lipinski definition) is 1. The highest BCUT2D eigenvalue weighted by Gasteiger charge is 2.29. The fraction of sp³-hybridized carbons (Fsp3) is 0.533. The largest absolute Gasteiger partial charge is 0.370 e. The fourth-order valence-corrected chi connectivity index (χ4v) is 3.93. The number of nitrogens with zero attached hydrogens (tertiary/aromatic N) is 3. The normalized spacial score (nSPS) is 17.6. The highest BCUT2D eigenvalue weighted by atomic mass is 127. The fourth-order valence-electron chi connectivity index (χ4n) is 2.44. The number of sulfonamides is 1. The van der Waals surface area contributed by atoms with Crippen LogP contribution in [0.4, 0.5) is 0 Å². The zero-order valence-corrected chi connectivity index (χ0v) is 16.7. The average Bonchev–Trinajstić information content (AvgIpc) is 2.53. The zero-order chi connectivity index (χ0) is 16.2. The van der Waals surface area contributed by atoms with Crippen LogP contribution >= 0.6 is 24.0 Å². The van der Waals surface area contributed by atoms with Crippen LogP contribution in [0.5, 0.6) is 0 Å². The molecule has 0 spiro atoms. The van der Waals surface area contributed by atoms with Crippen LogP contribution in [0.15, 0.2) is 40.2 Å². The second-order valence-corrected chi connectivity index (χ2v) is 7.69. The number of piperidine rings is 1. The van der Waals surface area contributed by atoms with Crippen LogP contribution < -0.4 is 5.73 Å². The van der Waals surface area contributed by atoms with Crippen molar-refractivity contribution < 1.29 is 8.42 Å². The summed E-state index contributed by atoms with van der Waals surface area (Å²) >= 11 is 0. The second-order valence-electron chi connectivity index (χ2n) is 5.75. The first-order chi connectivity index (χ1) is 10.4. The van der Waals surface area contributed by atoms with Crippen molar-refractivity contribution in [3.63, 3.8) is 0 Å². The van der Waals surface area contributed by atoms with Crippen LogP contribution in [0.2, 0.25) is 0 Å². The van der Waals surface area contributed by atoms with E-state index in [0.717, 1.165) is 12.8 Å². The van der Waals surface area contributed by atoms with E-state index < -0.39 is 10.0 Å². The van der Waals surface area contributed by atoms with E-state index in [9.17, 15) is 8.42 Å². The van der Waals surface area contributed by atoms with Crippen molar-refractivity contribution in [2.24, 2.45) is 16.6 Å². The maximum Gasteiger partial charge on any atom is 0.243 e. The number of nitrogens with two attached hydrogens (primary N) is 1. The lowest BCUT2D eigenvalue weighted by atomic mass is 9.98. The van der Waals surface area contributed by atoms with Gasteiger partial charge in [-0.15, -0.1) is 24.0 Å². The maximum absolute atomic E-state index is 12.5. The smallest absolute Gasteiger partial charge is 0.243 e. The van der Waals surface area contributed by atoms with Gasteiger partial charge >= 0.3 is 0 Å². The summed E-state index contributed by atoms with van der Waals surface area (Å²) in [6, 6.07) is 8.60. The number of halogens is 1. The molecular weight excluding hydrogens is 427 g/mol. The van der Waals surface area contributed by atoms with Gasteiger partial charge in [0, 0.05) is 33.7 Å².